The van der Waals surface area contributed by atoms with Gasteiger partial charge in [-0.15, -0.1) is 0 Å². The number of methoxy groups -OCH3 is 1. The summed E-state index contributed by atoms with van der Waals surface area (Å²) >= 11 is 0. The molecule has 0 atom stereocenters. The van der Waals surface area contributed by atoms with Crippen LogP contribution in [0.2, 0.25) is 0 Å². The Morgan fingerprint density at radius 2 is 1.85 bits per heavy atom. The highest BCUT2D eigenvalue weighted by atomic mass is 19.4. The molecular formula is C21H22F3N5O5. The summed E-state index contributed by atoms with van der Waals surface area (Å²) in [5.74, 6) is 0. The van der Waals surface area contributed by atoms with Crippen LogP contribution in [0.4, 0.5) is 18.9 Å². The van der Waals surface area contributed by atoms with E-state index in [-0.39, 0.29) is 43.1 Å². The molecular weight excluding hydrogens is 459 g/mol. The van der Waals surface area contributed by atoms with Gasteiger partial charge in [-0.05, 0) is 18.1 Å². The van der Waals surface area contributed by atoms with E-state index in [9.17, 15) is 32.9 Å². The Bertz CT molecular complexity index is 1310. The summed E-state index contributed by atoms with van der Waals surface area (Å²) < 4.78 is 47.9. The normalized spacial score (nSPS) is 11.7. The minimum absolute atomic E-state index is 0.00564. The fourth-order valence-electron chi connectivity index (χ4n) is 3.63. The van der Waals surface area contributed by atoms with Gasteiger partial charge in [0.2, 0.25) is 0 Å². The minimum atomic E-state index is -4.57. The second-order valence-corrected chi connectivity index (χ2v) is 7.42. The van der Waals surface area contributed by atoms with Crippen LogP contribution >= 0.6 is 0 Å². The molecule has 182 valence electrons. The van der Waals surface area contributed by atoms with E-state index >= 15 is 0 Å². The molecule has 2 heterocycles. The van der Waals surface area contributed by atoms with E-state index in [1.54, 1.807) is 6.92 Å². The molecule has 0 saturated heterocycles. The molecule has 1 aromatic carbocycles. The van der Waals surface area contributed by atoms with Gasteiger partial charge in [-0.2, -0.15) is 18.3 Å². The number of hydrogen-bond acceptors (Lipinski definition) is 6. The van der Waals surface area contributed by atoms with Crippen molar-refractivity contribution in [1.82, 2.24) is 18.9 Å². The number of rotatable bonds is 9. The molecule has 0 radical (unpaired) electrons. The number of aromatic nitrogens is 4. The SMILES string of the molecule is CCCn1c(-c2cnn(Cc3ccccc3C(F)(F)F)c2)c([N+](=O)[O-])c(=O)n(CCOC)c1=O. The zero-order valence-electron chi connectivity index (χ0n) is 18.4. The molecule has 3 rings (SSSR count). The van der Waals surface area contributed by atoms with Crippen LogP contribution in [0.1, 0.15) is 24.5 Å². The van der Waals surface area contributed by atoms with Crippen LogP contribution in [-0.2, 0) is 30.5 Å². The minimum Gasteiger partial charge on any atom is -0.383 e. The van der Waals surface area contributed by atoms with Crippen molar-refractivity contribution in [2.24, 2.45) is 0 Å². The molecule has 0 N–H and O–H groups in total. The van der Waals surface area contributed by atoms with Crippen LogP contribution in [0, 0.1) is 10.1 Å². The van der Waals surface area contributed by atoms with Gasteiger partial charge in [-0.3, -0.25) is 28.7 Å². The molecule has 0 bridgehead atoms. The first-order valence-electron chi connectivity index (χ1n) is 10.3. The molecule has 0 saturated carbocycles. The van der Waals surface area contributed by atoms with Gasteiger partial charge in [-0.25, -0.2) is 4.79 Å². The molecule has 0 aliphatic heterocycles. The average molecular weight is 481 g/mol. The van der Waals surface area contributed by atoms with Gasteiger partial charge in [0.25, 0.3) is 0 Å². The van der Waals surface area contributed by atoms with E-state index in [0.717, 1.165) is 15.2 Å². The van der Waals surface area contributed by atoms with Crippen molar-refractivity contribution in [2.75, 3.05) is 13.7 Å². The van der Waals surface area contributed by atoms with E-state index in [1.807, 2.05) is 0 Å². The fourth-order valence-corrected chi connectivity index (χ4v) is 3.63. The quantitative estimate of drug-likeness (QED) is 0.343. The van der Waals surface area contributed by atoms with E-state index in [4.69, 9.17) is 4.74 Å². The molecule has 0 unspecified atom stereocenters. The van der Waals surface area contributed by atoms with Crippen molar-refractivity contribution in [3.05, 3.63) is 78.7 Å². The summed E-state index contributed by atoms with van der Waals surface area (Å²) in [4.78, 5) is 36.8. The Kier molecular flexibility index (Phi) is 7.35. The number of halogens is 3. The summed E-state index contributed by atoms with van der Waals surface area (Å²) in [5, 5.41) is 15.9. The Morgan fingerprint density at radius 1 is 1.15 bits per heavy atom. The zero-order chi connectivity index (χ0) is 25.0. The zero-order valence-corrected chi connectivity index (χ0v) is 18.4. The summed E-state index contributed by atoms with van der Waals surface area (Å²) in [7, 11) is 1.36. The number of benzene rings is 1. The van der Waals surface area contributed by atoms with Crippen molar-refractivity contribution in [1.29, 1.82) is 0 Å². The lowest BCUT2D eigenvalue weighted by Gasteiger charge is -2.14. The van der Waals surface area contributed by atoms with Gasteiger partial charge < -0.3 is 4.74 Å². The smallest absolute Gasteiger partial charge is 0.383 e. The lowest BCUT2D eigenvalue weighted by Crippen LogP contribution is -2.42. The van der Waals surface area contributed by atoms with Gasteiger partial charge in [-0.1, -0.05) is 25.1 Å². The molecule has 0 aliphatic rings. The number of nitro groups is 1. The van der Waals surface area contributed by atoms with Gasteiger partial charge >= 0.3 is 23.1 Å². The lowest BCUT2D eigenvalue weighted by molar-refractivity contribution is -0.386. The Balaban J connectivity index is 2.16. The topological polar surface area (TPSA) is 114 Å². The standard InChI is InChI=1S/C21H22F3N5O5/c1-3-8-27-17(18(29(32)33)19(30)28(20(27)31)9-10-34-2)15-11-25-26(13-15)12-14-6-4-5-7-16(14)21(22,23)24/h4-7,11,13H,3,8-10,12H2,1-2H3. The molecule has 0 spiro atoms. The predicted molar refractivity (Wildman–Crippen MR) is 116 cm³/mol. The van der Waals surface area contributed by atoms with E-state index in [1.165, 1.54) is 42.4 Å². The molecule has 0 aliphatic carbocycles. The highest BCUT2D eigenvalue weighted by Crippen LogP contribution is 2.32. The Morgan fingerprint density at radius 3 is 2.47 bits per heavy atom. The molecule has 0 fully saturated rings. The summed E-state index contributed by atoms with van der Waals surface area (Å²) in [6.07, 6.45) is -1.68. The maximum atomic E-state index is 13.3. The Hall–Kier alpha value is -3.74. The van der Waals surface area contributed by atoms with E-state index in [0.29, 0.717) is 6.42 Å². The van der Waals surface area contributed by atoms with Crippen molar-refractivity contribution < 1.29 is 22.8 Å². The predicted octanol–water partition coefficient (Wildman–Crippen LogP) is 2.91. The highest BCUT2D eigenvalue weighted by molar-refractivity contribution is 5.68. The Labute approximate surface area is 191 Å². The van der Waals surface area contributed by atoms with Gasteiger partial charge in [0, 0.05) is 25.4 Å². The molecule has 13 heteroatoms. The third-order valence-electron chi connectivity index (χ3n) is 5.11. The van der Waals surface area contributed by atoms with E-state index < -0.39 is 33.6 Å². The maximum absolute atomic E-state index is 13.3. The van der Waals surface area contributed by atoms with Crippen LogP contribution in [0.25, 0.3) is 11.3 Å². The first kappa shape index (κ1) is 24.9. The van der Waals surface area contributed by atoms with Crippen LogP contribution in [0.3, 0.4) is 0 Å². The number of hydrogen-bond donors (Lipinski definition) is 0. The summed E-state index contributed by atoms with van der Waals surface area (Å²) in [5.41, 5.74) is -3.73. The van der Waals surface area contributed by atoms with Crippen molar-refractivity contribution in [2.45, 2.75) is 39.2 Å². The first-order valence-corrected chi connectivity index (χ1v) is 10.3. The second-order valence-electron chi connectivity index (χ2n) is 7.42. The van der Waals surface area contributed by atoms with Crippen molar-refractivity contribution >= 4 is 5.69 Å². The number of alkyl halides is 3. The maximum Gasteiger partial charge on any atom is 0.416 e. The first-order chi connectivity index (χ1) is 16.1. The van der Waals surface area contributed by atoms with Crippen LogP contribution < -0.4 is 11.2 Å². The average Bonchev–Trinajstić information content (AvgIpc) is 3.22. The molecule has 2 aromatic heterocycles. The second kappa shape index (κ2) is 10.0. The third kappa shape index (κ3) is 4.93. The molecule has 10 nitrogen and oxygen atoms in total. The monoisotopic (exact) mass is 481 g/mol. The van der Waals surface area contributed by atoms with Crippen LogP contribution in [0.15, 0.2) is 46.2 Å². The molecule has 0 amide bonds. The number of nitrogens with zero attached hydrogens (tertiary/aromatic N) is 5. The van der Waals surface area contributed by atoms with Gasteiger partial charge in [0.15, 0.2) is 0 Å². The molecule has 34 heavy (non-hydrogen) atoms. The fraction of sp³-hybridized carbons (Fsp3) is 0.381. The lowest BCUT2D eigenvalue weighted by atomic mass is 10.1. The van der Waals surface area contributed by atoms with Crippen molar-refractivity contribution in [3.63, 3.8) is 0 Å². The van der Waals surface area contributed by atoms with E-state index in [2.05, 4.69) is 5.10 Å². The highest BCUT2D eigenvalue weighted by Gasteiger charge is 2.33. The summed E-state index contributed by atoms with van der Waals surface area (Å²) in [6.45, 7) is 1.38. The third-order valence-corrected chi connectivity index (χ3v) is 5.11. The summed E-state index contributed by atoms with van der Waals surface area (Å²) in [6, 6.07) is 4.98. The van der Waals surface area contributed by atoms with Gasteiger partial charge in [0.05, 0.1) is 36.4 Å². The number of ether oxygens (including phenoxy) is 1. The van der Waals surface area contributed by atoms with Crippen molar-refractivity contribution in [3.8, 4) is 11.3 Å². The molecule has 3 aromatic rings. The van der Waals surface area contributed by atoms with Gasteiger partial charge in [0.1, 0.15) is 5.69 Å². The van der Waals surface area contributed by atoms with Crippen LogP contribution in [0.5, 0.6) is 0 Å². The largest absolute Gasteiger partial charge is 0.416 e. The van der Waals surface area contributed by atoms with Crippen LogP contribution in [-0.4, -0.2) is 37.6 Å².